The van der Waals surface area contributed by atoms with Crippen LogP contribution >= 0.6 is 0 Å². The number of furan rings is 2. The monoisotopic (exact) mass is 672 g/mol. The second-order valence-corrected chi connectivity index (χ2v) is 13.8. The summed E-state index contributed by atoms with van der Waals surface area (Å²) in [7, 11) is 0. The smallest absolute Gasteiger partial charge is 0.159 e. The molecule has 0 fully saturated rings. The summed E-state index contributed by atoms with van der Waals surface area (Å²) in [6.45, 7) is 2.32. The number of hydrogen-bond acceptors (Lipinski definition) is 5. The first-order valence-corrected chi connectivity index (χ1v) is 17.8. The number of aromatic nitrogens is 1. The fraction of sp³-hybridized carbons (Fsp3) is 0.0870. The first-order chi connectivity index (χ1) is 25.7. The highest BCUT2D eigenvalue weighted by molar-refractivity contribution is 6.20. The number of amidine groups is 2. The quantitative estimate of drug-likeness (QED) is 0.202. The fourth-order valence-corrected chi connectivity index (χ4v) is 8.25. The van der Waals surface area contributed by atoms with E-state index < -0.39 is 0 Å². The molecule has 0 amide bonds. The van der Waals surface area contributed by atoms with E-state index in [1.165, 1.54) is 22.2 Å². The molecule has 2 unspecified atom stereocenters. The molecule has 0 saturated heterocycles. The second kappa shape index (κ2) is 11.2. The number of rotatable bonds is 4. The molecule has 1 aliphatic heterocycles. The van der Waals surface area contributed by atoms with E-state index >= 15 is 0 Å². The second-order valence-electron chi connectivity index (χ2n) is 13.8. The van der Waals surface area contributed by atoms with Gasteiger partial charge in [0.25, 0.3) is 0 Å². The summed E-state index contributed by atoms with van der Waals surface area (Å²) < 4.78 is 15.5. The largest absolute Gasteiger partial charge is 0.456 e. The van der Waals surface area contributed by atoms with Crippen molar-refractivity contribution in [2.24, 2.45) is 9.98 Å². The summed E-state index contributed by atoms with van der Waals surface area (Å²) in [5.74, 6) is 1.85. The Labute approximate surface area is 299 Å². The lowest BCUT2D eigenvalue weighted by Crippen LogP contribution is -2.33. The van der Waals surface area contributed by atoms with Gasteiger partial charge in [0.1, 0.15) is 34.3 Å². The molecule has 6 aromatic carbocycles. The molecular formula is C46H32N4O2. The lowest BCUT2D eigenvalue weighted by Gasteiger charge is -2.23. The van der Waals surface area contributed by atoms with Crippen LogP contribution in [0.3, 0.4) is 0 Å². The standard InChI is InChI=1S/C46H32N4O2/c1-27-11-10-17-36-41(27)35-23-24-38-42(34-16-8-9-18-37(34)51-38)43(35)50(36)31-20-22-33-32-21-19-30(25-39(32)52-40(33)26-31)46-48-44(28-12-4-2-5-13-28)47-45(49-46)29-14-6-3-7-15-29/h2-10,12-27,44H,11H2,1H3,(H,47,48,49). The number of nitrogens with zero attached hydrogens (tertiary/aromatic N) is 3. The Kier molecular flexibility index (Phi) is 6.25. The average Bonchev–Trinajstić information content (AvgIpc) is 3.87. The van der Waals surface area contributed by atoms with E-state index in [-0.39, 0.29) is 6.17 Å². The highest BCUT2D eigenvalue weighted by atomic mass is 16.3. The summed E-state index contributed by atoms with van der Waals surface area (Å²) in [4.78, 5) is 10.1. The molecule has 3 aromatic heterocycles. The SMILES string of the molecule is CC1CC=Cc2c1c1ccc3oc4ccccc4c3c1n2-c1ccc2c(c1)oc1cc(C3=NC(c4ccccc4)NC(c4ccccc4)=N3)ccc12. The van der Waals surface area contributed by atoms with Gasteiger partial charge in [-0.2, -0.15) is 0 Å². The summed E-state index contributed by atoms with van der Waals surface area (Å²) in [6.07, 6.45) is 5.33. The molecule has 1 N–H and O–H groups in total. The van der Waals surface area contributed by atoms with E-state index in [1.807, 2.05) is 42.5 Å². The Morgan fingerprint density at radius 2 is 1.38 bits per heavy atom. The van der Waals surface area contributed by atoms with Crippen LogP contribution in [0.15, 0.2) is 158 Å². The Hall–Kier alpha value is -6.66. The van der Waals surface area contributed by atoms with Gasteiger partial charge < -0.3 is 18.7 Å². The minimum absolute atomic E-state index is 0.268. The first kappa shape index (κ1) is 29.1. The predicted molar refractivity (Wildman–Crippen MR) is 212 cm³/mol. The third kappa shape index (κ3) is 4.37. The van der Waals surface area contributed by atoms with E-state index in [0.717, 1.165) is 78.5 Å². The fourth-order valence-electron chi connectivity index (χ4n) is 8.25. The number of hydrogen-bond donors (Lipinski definition) is 1. The molecule has 0 bridgehead atoms. The van der Waals surface area contributed by atoms with Crippen molar-refractivity contribution >= 4 is 72.5 Å². The number of allylic oxidation sites excluding steroid dienone is 1. The van der Waals surface area contributed by atoms with Crippen LogP contribution in [-0.2, 0) is 0 Å². The van der Waals surface area contributed by atoms with Gasteiger partial charge in [-0.15, -0.1) is 0 Å². The van der Waals surface area contributed by atoms with Crippen molar-refractivity contribution in [2.45, 2.75) is 25.4 Å². The zero-order valence-electron chi connectivity index (χ0n) is 28.4. The lowest BCUT2D eigenvalue weighted by molar-refractivity contribution is 0.667. The summed E-state index contributed by atoms with van der Waals surface area (Å²) in [6, 6.07) is 46.1. The molecule has 6 nitrogen and oxygen atoms in total. The molecule has 11 rings (SSSR count). The molecule has 9 aromatic rings. The predicted octanol–water partition coefficient (Wildman–Crippen LogP) is 11.4. The van der Waals surface area contributed by atoms with Crippen molar-refractivity contribution < 1.29 is 8.83 Å². The normalized spacial score (nSPS) is 17.2. The van der Waals surface area contributed by atoms with E-state index in [9.17, 15) is 0 Å². The number of aliphatic imine (C=N–C) groups is 2. The van der Waals surface area contributed by atoms with Crippen LogP contribution in [0.2, 0.25) is 0 Å². The van der Waals surface area contributed by atoms with Gasteiger partial charge in [0.05, 0.1) is 16.6 Å². The third-order valence-corrected chi connectivity index (χ3v) is 10.7. The van der Waals surface area contributed by atoms with Crippen LogP contribution in [0.4, 0.5) is 0 Å². The molecular weight excluding hydrogens is 641 g/mol. The summed E-state index contributed by atoms with van der Waals surface area (Å²) >= 11 is 0. The maximum Gasteiger partial charge on any atom is 0.159 e. The Balaban J connectivity index is 1.08. The lowest BCUT2D eigenvalue weighted by atomic mass is 9.90. The van der Waals surface area contributed by atoms with E-state index in [0.29, 0.717) is 11.8 Å². The average molecular weight is 673 g/mol. The number of fused-ring (bicyclic) bond motifs is 10. The highest BCUT2D eigenvalue weighted by Gasteiger charge is 2.27. The maximum atomic E-state index is 6.70. The van der Waals surface area contributed by atoms with Gasteiger partial charge in [-0.1, -0.05) is 97.9 Å². The van der Waals surface area contributed by atoms with E-state index in [2.05, 4.69) is 120 Å². The van der Waals surface area contributed by atoms with Gasteiger partial charge in [-0.05, 0) is 72.0 Å². The maximum absolute atomic E-state index is 6.70. The number of nitrogens with one attached hydrogen (secondary N) is 1. The van der Waals surface area contributed by atoms with Gasteiger partial charge in [-0.25, -0.2) is 9.98 Å². The van der Waals surface area contributed by atoms with Crippen molar-refractivity contribution in [3.05, 3.63) is 167 Å². The molecule has 0 saturated carbocycles. The van der Waals surface area contributed by atoms with E-state index in [4.69, 9.17) is 18.8 Å². The summed E-state index contributed by atoms with van der Waals surface area (Å²) in [5.41, 5.74) is 11.2. The van der Waals surface area contributed by atoms with Crippen LogP contribution in [0, 0.1) is 0 Å². The van der Waals surface area contributed by atoms with Crippen LogP contribution in [0.25, 0.3) is 66.5 Å². The third-order valence-electron chi connectivity index (χ3n) is 10.7. The molecule has 2 atom stereocenters. The van der Waals surface area contributed by atoms with E-state index in [1.54, 1.807) is 0 Å². The zero-order valence-corrected chi connectivity index (χ0v) is 28.4. The van der Waals surface area contributed by atoms with Crippen LogP contribution in [0.5, 0.6) is 0 Å². The minimum Gasteiger partial charge on any atom is -0.456 e. The Morgan fingerprint density at radius 1 is 0.654 bits per heavy atom. The van der Waals surface area contributed by atoms with Crippen LogP contribution in [-0.4, -0.2) is 16.2 Å². The zero-order chi connectivity index (χ0) is 34.3. The molecule has 6 heteroatoms. The molecule has 248 valence electrons. The van der Waals surface area contributed by atoms with Gasteiger partial charge >= 0.3 is 0 Å². The summed E-state index contributed by atoms with van der Waals surface area (Å²) in [5, 5.41) is 9.21. The number of para-hydroxylation sites is 1. The Morgan fingerprint density at radius 3 is 2.25 bits per heavy atom. The van der Waals surface area contributed by atoms with Gasteiger partial charge in [-0.3, -0.25) is 0 Å². The molecule has 52 heavy (non-hydrogen) atoms. The van der Waals surface area contributed by atoms with Crippen LogP contribution < -0.4 is 5.32 Å². The van der Waals surface area contributed by atoms with Crippen LogP contribution in [0.1, 0.15) is 53.4 Å². The molecule has 1 aliphatic carbocycles. The number of benzene rings is 6. The van der Waals surface area contributed by atoms with Crippen molar-refractivity contribution in [1.82, 2.24) is 9.88 Å². The topological polar surface area (TPSA) is 68.0 Å². The van der Waals surface area contributed by atoms with Crippen molar-refractivity contribution in [1.29, 1.82) is 0 Å². The van der Waals surface area contributed by atoms with Crippen molar-refractivity contribution in [2.75, 3.05) is 0 Å². The van der Waals surface area contributed by atoms with Gasteiger partial charge in [0.2, 0.25) is 0 Å². The molecule has 2 aliphatic rings. The van der Waals surface area contributed by atoms with Gasteiger partial charge in [0.15, 0.2) is 5.84 Å². The van der Waals surface area contributed by atoms with Crippen molar-refractivity contribution in [3.8, 4) is 5.69 Å². The Bertz CT molecular complexity index is 2980. The molecule has 0 radical (unpaired) electrons. The molecule has 0 spiro atoms. The van der Waals surface area contributed by atoms with Crippen molar-refractivity contribution in [3.63, 3.8) is 0 Å². The van der Waals surface area contributed by atoms with Gasteiger partial charge in [0, 0.05) is 44.4 Å². The molecule has 4 heterocycles. The highest BCUT2D eigenvalue weighted by Crippen LogP contribution is 2.45. The minimum atomic E-state index is -0.268. The first-order valence-electron chi connectivity index (χ1n) is 17.8.